The lowest BCUT2D eigenvalue weighted by atomic mass is 9.97. The first-order chi connectivity index (χ1) is 7.33. The minimum Gasteiger partial charge on any atom is -0.353 e. The zero-order valence-electron chi connectivity index (χ0n) is 8.48. The maximum Gasteiger partial charge on any atom is 0.210 e. The molecule has 80 valence electrons. The van der Waals surface area contributed by atoms with Gasteiger partial charge in [0.1, 0.15) is 4.64 Å². The fourth-order valence-corrected chi connectivity index (χ4v) is 2.38. The summed E-state index contributed by atoms with van der Waals surface area (Å²) in [5.74, 6) is 0. The predicted octanol–water partition coefficient (Wildman–Crippen LogP) is 2.43. The number of pyridine rings is 1. The predicted molar refractivity (Wildman–Crippen MR) is 61.0 cm³/mol. The van der Waals surface area contributed by atoms with E-state index in [9.17, 15) is 4.79 Å². The smallest absolute Gasteiger partial charge is 0.210 e. The molecule has 1 aliphatic rings. The number of hydrogen-bond acceptors (Lipinski definition) is 2. The van der Waals surface area contributed by atoms with Gasteiger partial charge < -0.3 is 9.88 Å². The molecule has 2 heterocycles. The lowest BCUT2D eigenvalue weighted by Gasteiger charge is -2.32. The molecule has 0 unspecified atom stereocenters. The third-order valence-corrected chi connectivity index (χ3v) is 3.24. The van der Waals surface area contributed by atoms with Gasteiger partial charge in [0.15, 0.2) is 0 Å². The molecule has 0 bridgehead atoms. The van der Waals surface area contributed by atoms with Gasteiger partial charge >= 0.3 is 0 Å². The summed E-state index contributed by atoms with van der Waals surface area (Å²) >= 11 is 5.24. The van der Waals surface area contributed by atoms with Crippen molar-refractivity contribution in [2.24, 2.45) is 0 Å². The molecule has 1 aliphatic heterocycles. The maximum absolute atomic E-state index is 10.9. The van der Waals surface area contributed by atoms with Gasteiger partial charge in [-0.15, -0.1) is 0 Å². The minimum absolute atomic E-state index is 0.168. The summed E-state index contributed by atoms with van der Waals surface area (Å²) in [5.41, 5.74) is 1.07. The molecule has 0 aromatic carbocycles. The maximum atomic E-state index is 10.9. The molecular weight excluding hydrogens is 208 g/mol. The summed E-state index contributed by atoms with van der Waals surface area (Å²) in [6.45, 7) is 0.845. The lowest BCUT2D eigenvalue weighted by molar-refractivity contribution is -0.121. The third kappa shape index (κ3) is 2.09. The monoisotopic (exact) mass is 222 g/mol. The molecule has 1 aromatic heterocycles. The Bertz CT molecular complexity index is 402. The normalized spacial score (nSPS) is 21.3. The molecule has 0 aliphatic carbocycles. The molecule has 1 aromatic rings. The van der Waals surface area contributed by atoms with E-state index in [0.29, 0.717) is 0 Å². The van der Waals surface area contributed by atoms with Crippen molar-refractivity contribution in [3.8, 4) is 0 Å². The first-order valence-electron chi connectivity index (χ1n) is 5.21. The Hall–Kier alpha value is -1.16. The number of aromatic amines is 1. The van der Waals surface area contributed by atoms with Crippen LogP contribution in [0, 0.1) is 4.64 Å². The van der Waals surface area contributed by atoms with E-state index in [4.69, 9.17) is 12.2 Å². The van der Waals surface area contributed by atoms with Gasteiger partial charge in [-0.3, -0.25) is 4.79 Å². The van der Waals surface area contributed by atoms with Crippen molar-refractivity contribution >= 4 is 18.6 Å². The van der Waals surface area contributed by atoms with Crippen LogP contribution in [0.5, 0.6) is 0 Å². The molecule has 2 rings (SSSR count). The summed E-state index contributed by atoms with van der Waals surface area (Å²) < 4.78 is 0.747. The molecule has 4 heteroatoms. The van der Waals surface area contributed by atoms with Crippen LogP contribution in [0.25, 0.3) is 0 Å². The van der Waals surface area contributed by atoms with Crippen molar-refractivity contribution in [3.05, 3.63) is 28.5 Å². The number of aromatic nitrogens is 1. The van der Waals surface area contributed by atoms with Crippen LogP contribution in [0.1, 0.15) is 30.9 Å². The van der Waals surface area contributed by atoms with Crippen LogP contribution < -0.4 is 0 Å². The van der Waals surface area contributed by atoms with Gasteiger partial charge in [0.25, 0.3) is 0 Å². The highest BCUT2D eigenvalue weighted by molar-refractivity contribution is 7.71. The van der Waals surface area contributed by atoms with Crippen LogP contribution in [0.15, 0.2) is 18.3 Å². The van der Waals surface area contributed by atoms with E-state index < -0.39 is 0 Å². The number of nitrogens with one attached hydrogen (secondary N) is 1. The SMILES string of the molecule is O=CN1CCCC[C@@H]1c1ccc[nH]c1=S. The highest BCUT2D eigenvalue weighted by Gasteiger charge is 2.23. The summed E-state index contributed by atoms with van der Waals surface area (Å²) in [7, 11) is 0. The van der Waals surface area contributed by atoms with Crippen molar-refractivity contribution in [2.75, 3.05) is 6.54 Å². The Morgan fingerprint density at radius 1 is 1.53 bits per heavy atom. The van der Waals surface area contributed by atoms with Crippen LogP contribution in [-0.2, 0) is 4.79 Å². The quantitative estimate of drug-likeness (QED) is 0.616. The number of piperidine rings is 1. The largest absolute Gasteiger partial charge is 0.353 e. The van der Waals surface area contributed by atoms with Crippen molar-refractivity contribution in [1.82, 2.24) is 9.88 Å². The van der Waals surface area contributed by atoms with Crippen molar-refractivity contribution < 1.29 is 4.79 Å². The van der Waals surface area contributed by atoms with Gasteiger partial charge in [-0.1, -0.05) is 18.3 Å². The second-order valence-electron chi connectivity index (χ2n) is 3.81. The highest BCUT2D eigenvalue weighted by Crippen LogP contribution is 2.29. The zero-order chi connectivity index (χ0) is 10.7. The number of H-pyrrole nitrogens is 1. The topological polar surface area (TPSA) is 36.1 Å². The molecule has 1 amide bonds. The van der Waals surface area contributed by atoms with Crippen LogP contribution in [0.2, 0.25) is 0 Å². The van der Waals surface area contributed by atoms with E-state index >= 15 is 0 Å². The van der Waals surface area contributed by atoms with E-state index in [1.807, 2.05) is 23.2 Å². The number of amides is 1. The molecule has 0 radical (unpaired) electrons. The second-order valence-corrected chi connectivity index (χ2v) is 4.22. The number of carbonyl (C=O) groups excluding carboxylic acids is 1. The molecule has 0 saturated carbocycles. The number of rotatable bonds is 2. The Morgan fingerprint density at radius 2 is 2.40 bits per heavy atom. The van der Waals surface area contributed by atoms with E-state index in [2.05, 4.69) is 4.98 Å². The average molecular weight is 222 g/mol. The first-order valence-corrected chi connectivity index (χ1v) is 5.62. The molecule has 15 heavy (non-hydrogen) atoms. The molecular formula is C11H14N2OS. The average Bonchev–Trinajstić information content (AvgIpc) is 2.30. The Kier molecular flexibility index (Phi) is 3.16. The Morgan fingerprint density at radius 3 is 3.13 bits per heavy atom. The van der Waals surface area contributed by atoms with Crippen molar-refractivity contribution in [3.63, 3.8) is 0 Å². The van der Waals surface area contributed by atoms with Crippen molar-refractivity contribution in [1.29, 1.82) is 0 Å². The van der Waals surface area contributed by atoms with Gasteiger partial charge in [-0.2, -0.15) is 0 Å². The fourth-order valence-electron chi connectivity index (χ4n) is 2.11. The van der Waals surface area contributed by atoms with Gasteiger partial charge in [-0.05, 0) is 25.3 Å². The van der Waals surface area contributed by atoms with Gasteiger partial charge in [-0.25, -0.2) is 0 Å². The van der Waals surface area contributed by atoms with Crippen LogP contribution in [-0.4, -0.2) is 22.8 Å². The minimum atomic E-state index is 0.168. The van der Waals surface area contributed by atoms with Crippen LogP contribution in [0.4, 0.5) is 0 Å². The molecule has 1 saturated heterocycles. The number of carbonyl (C=O) groups is 1. The fraction of sp³-hybridized carbons (Fsp3) is 0.455. The molecule has 1 atom stereocenters. The summed E-state index contributed by atoms with van der Waals surface area (Å²) in [6, 6.07) is 4.11. The molecule has 1 fully saturated rings. The van der Waals surface area contributed by atoms with Crippen LogP contribution in [0.3, 0.4) is 0 Å². The zero-order valence-corrected chi connectivity index (χ0v) is 9.30. The third-order valence-electron chi connectivity index (χ3n) is 2.89. The Balaban J connectivity index is 2.32. The second kappa shape index (κ2) is 4.57. The summed E-state index contributed by atoms with van der Waals surface area (Å²) in [6.07, 6.45) is 6.03. The summed E-state index contributed by atoms with van der Waals surface area (Å²) in [4.78, 5) is 15.8. The van der Waals surface area contributed by atoms with E-state index in [1.165, 1.54) is 6.42 Å². The molecule has 3 nitrogen and oxygen atoms in total. The summed E-state index contributed by atoms with van der Waals surface area (Å²) in [5, 5.41) is 0. The van der Waals surface area contributed by atoms with E-state index in [1.54, 1.807) is 0 Å². The standard InChI is InChI=1S/C11H14N2OS/c14-8-13-7-2-1-5-10(13)9-4-3-6-12-11(9)15/h3-4,6,8,10H,1-2,5,7H2,(H,12,15)/t10-/m1/s1. The van der Waals surface area contributed by atoms with Crippen LogP contribution >= 0.6 is 12.2 Å². The number of likely N-dealkylation sites (tertiary alicyclic amines) is 1. The first kappa shape index (κ1) is 10.4. The van der Waals surface area contributed by atoms with E-state index in [-0.39, 0.29) is 6.04 Å². The number of nitrogens with zero attached hydrogens (tertiary/aromatic N) is 1. The molecule has 1 N–H and O–H groups in total. The molecule has 0 spiro atoms. The lowest BCUT2D eigenvalue weighted by Crippen LogP contribution is -2.32. The van der Waals surface area contributed by atoms with Crippen molar-refractivity contribution in [2.45, 2.75) is 25.3 Å². The van der Waals surface area contributed by atoms with Gasteiger partial charge in [0.05, 0.1) is 6.04 Å². The van der Waals surface area contributed by atoms with Gasteiger partial charge in [0.2, 0.25) is 6.41 Å². The van der Waals surface area contributed by atoms with E-state index in [0.717, 1.165) is 36.0 Å². The number of hydrogen-bond donors (Lipinski definition) is 1. The Labute approximate surface area is 94.1 Å². The van der Waals surface area contributed by atoms with Gasteiger partial charge in [0, 0.05) is 18.3 Å². The highest BCUT2D eigenvalue weighted by atomic mass is 32.1.